The summed E-state index contributed by atoms with van der Waals surface area (Å²) in [6, 6.07) is 68.6. The highest BCUT2D eigenvalue weighted by molar-refractivity contribution is 6.20. The van der Waals surface area contributed by atoms with Gasteiger partial charge in [-0.1, -0.05) is 170 Å². The second-order valence-electron chi connectivity index (χ2n) is 14.1. The molecule has 0 radical (unpaired) electrons. The second-order valence-corrected chi connectivity index (χ2v) is 14.1. The molecule has 0 saturated carbocycles. The topological polar surface area (TPSA) is 38.9 Å². The molecule has 11 aromatic rings. The lowest BCUT2D eigenvalue weighted by molar-refractivity contribution is 0.669. The van der Waals surface area contributed by atoms with Crippen LogP contribution in [-0.4, -0.2) is 9.97 Å². The molecule has 0 spiro atoms. The summed E-state index contributed by atoms with van der Waals surface area (Å²) in [5, 5.41) is 9.58. The normalized spacial score (nSPS) is 11.6. The fraction of sp³-hybridized carbons (Fsp3) is 0. The van der Waals surface area contributed by atoms with Crippen molar-refractivity contribution in [3.63, 3.8) is 0 Å². The van der Waals surface area contributed by atoms with Crippen molar-refractivity contribution in [3.05, 3.63) is 194 Å². The van der Waals surface area contributed by atoms with E-state index in [9.17, 15) is 0 Å². The Bertz CT molecular complexity index is 3250. The van der Waals surface area contributed by atoms with Crippen molar-refractivity contribution < 1.29 is 4.42 Å². The quantitative estimate of drug-likeness (QED) is 0.133. The number of hydrogen-bond donors (Lipinski definition) is 0. The van der Waals surface area contributed by atoms with E-state index in [0.29, 0.717) is 5.82 Å². The summed E-state index contributed by atoms with van der Waals surface area (Å²) in [6.45, 7) is 0. The van der Waals surface area contributed by atoms with Gasteiger partial charge in [0.2, 0.25) is 0 Å². The van der Waals surface area contributed by atoms with E-state index < -0.39 is 0 Å². The van der Waals surface area contributed by atoms with Crippen LogP contribution in [0.15, 0.2) is 199 Å². The van der Waals surface area contributed by atoms with Crippen LogP contribution in [0.4, 0.5) is 0 Å². The lowest BCUT2D eigenvalue weighted by Gasteiger charge is -2.15. The molecule has 3 nitrogen and oxygen atoms in total. The first-order valence-corrected chi connectivity index (χ1v) is 18.7. The number of fused-ring (bicyclic) bond motifs is 7. The van der Waals surface area contributed by atoms with Crippen LogP contribution in [0.25, 0.3) is 110 Å². The molecule has 0 N–H and O–H groups in total. The van der Waals surface area contributed by atoms with Gasteiger partial charge in [-0.2, -0.15) is 0 Å². The van der Waals surface area contributed by atoms with Gasteiger partial charge < -0.3 is 4.42 Å². The zero-order chi connectivity index (χ0) is 36.3. The number of hydrogen-bond acceptors (Lipinski definition) is 3. The molecular weight excluding hydrogens is 669 g/mol. The van der Waals surface area contributed by atoms with E-state index in [1.54, 1.807) is 0 Å². The molecule has 2 heterocycles. The second kappa shape index (κ2) is 12.6. The number of rotatable bonds is 5. The van der Waals surface area contributed by atoms with Crippen LogP contribution in [0.2, 0.25) is 0 Å². The third-order valence-corrected chi connectivity index (χ3v) is 10.9. The van der Waals surface area contributed by atoms with E-state index in [0.717, 1.165) is 66.7 Å². The molecule has 0 aliphatic carbocycles. The Balaban J connectivity index is 1.12. The molecule has 0 saturated heterocycles. The Morgan fingerprint density at radius 1 is 0.327 bits per heavy atom. The van der Waals surface area contributed by atoms with Crippen LogP contribution >= 0.6 is 0 Å². The van der Waals surface area contributed by atoms with Gasteiger partial charge in [-0.15, -0.1) is 0 Å². The Labute approximate surface area is 317 Å². The van der Waals surface area contributed by atoms with E-state index >= 15 is 0 Å². The van der Waals surface area contributed by atoms with Gasteiger partial charge >= 0.3 is 0 Å². The SMILES string of the molecule is c1ccc(-c2ccccc2-c2cc(-c3cccc4oc5ccccc5c34)nc(-c3ccc(-c4c5ccccc5cc5c4ccc4ccccc45)cc3)n2)cc1. The maximum Gasteiger partial charge on any atom is 0.160 e. The minimum Gasteiger partial charge on any atom is -0.456 e. The van der Waals surface area contributed by atoms with Crippen molar-refractivity contribution in [1.29, 1.82) is 0 Å². The molecule has 256 valence electrons. The molecule has 0 aliphatic rings. The number of benzene rings is 9. The summed E-state index contributed by atoms with van der Waals surface area (Å²) < 4.78 is 6.32. The first-order valence-electron chi connectivity index (χ1n) is 18.7. The van der Waals surface area contributed by atoms with Crippen LogP contribution in [0.5, 0.6) is 0 Å². The minimum atomic E-state index is 0.667. The first-order chi connectivity index (χ1) is 27.3. The Morgan fingerprint density at radius 3 is 1.78 bits per heavy atom. The van der Waals surface area contributed by atoms with Crippen LogP contribution in [0.3, 0.4) is 0 Å². The molecule has 0 unspecified atom stereocenters. The summed E-state index contributed by atoms with van der Waals surface area (Å²) in [7, 11) is 0. The molecule has 55 heavy (non-hydrogen) atoms. The van der Waals surface area contributed by atoms with Crippen molar-refractivity contribution in [1.82, 2.24) is 9.97 Å². The van der Waals surface area contributed by atoms with Gasteiger partial charge in [0.1, 0.15) is 11.2 Å². The molecule has 0 bridgehead atoms. The molecule has 0 fully saturated rings. The van der Waals surface area contributed by atoms with E-state index in [1.807, 2.05) is 24.3 Å². The number of nitrogens with zero attached hydrogens (tertiary/aromatic N) is 2. The lowest BCUT2D eigenvalue weighted by atomic mass is 9.89. The average molecular weight is 701 g/mol. The lowest BCUT2D eigenvalue weighted by Crippen LogP contribution is -1.97. The summed E-state index contributed by atoms with van der Waals surface area (Å²) >= 11 is 0. The van der Waals surface area contributed by atoms with Crippen molar-refractivity contribution in [2.75, 3.05) is 0 Å². The van der Waals surface area contributed by atoms with Gasteiger partial charge in [0.15, 0.2) is 5.82 Å². The number of para-hydroxylation sites is 1. The third kappa shape index (κ3) is 5.20. The Kier molecular flexibility index (Phi) is 7.17. The first kappa shape index (κ1) is 31.2. The largest absolute Gasteiger partial charge is 0.456 e. The highest BCUT2D eigenvalue weighted by Crippen LogP contribution is 2.42. The van der Waals surface area contributed by atoms with E-state index in [4.69, 9.17) is 14.4 Å². The van der Waals surface area contributed by atoms with E-state index in [-0.39, 0.29) is 0 Å². The monoisotopic (exact) mass is 700 g/mol. The Hall–Kier alpha value is -7.36. The molecular formula is C52H32N2O. The van der Waals surface area contributed by atoms with Gasteiger partial charge in [-0.05, 0) is 78.8 Å². The molecule has 3 heteroatoms. The van der Waals surface area contributed by atoms with Crippen molar-refractivity contribution in [3.8, 4) is 56.2 Å². The summed E-state index contributed by atoms with van der Waals surface area (Å²) in [5.74, 6) is 0.667. The average Bonchev–Trinajstić information content (AvgIpc) is 3.65. The fourth-order valence-electron chi connectivity index (χ4n) is 8.33. The van der Waals surface area contributed by atoms with Crippen LogP contribution < -0.4 is 0 Å². The molecule has 9 aromatic carbocycles. The highest BCUT2D eigenvalue weighted by Gasteiger charge is 2.19. The smallest absolute Gasteiger partial charge is 0.160 e. The maximum absolute atomic E-state index is 6.32. The number of aromatic nitrogens is 2. The third-order valence-electron chi connectivity index (χ3n) is 10.9. The zero-order valence-electron chi connectivity index (χ0n) is 29.8. The highest BCUT2D eigenvalue weighted by atomic mass is 16.3. The van der Waals surface area contributed by atoms with Gasteiger partial charge in [-0.25, -0.2) is 9.97 Å². The predicted octanol–water partition coefficient (Wildman–Crippen LogP) is 14.2. The van der Waals surface area contributed by atoms with Gasteiger partial charge in [-0.3, -0.25) is 0 Å². The van der Waals surface area contributed by atoms with Crippen LogP contribution in [0, 0.1) is 0 Å². The van der Waals surface area contributed by atoms with E-state index in [1.165, 1.54) is 37.9 Å². The minimum absolute atomic E-state index is 0.667. The fourth-order valence-corrected chi connectivity index (χ4v) is 8.33. The summed E-state index contributed by atoms with van der Waals surface area (Å²) in [4.78, 5) is 10.6. The van der Waals surface area contributed by atoms with E-state index in [2.05, 4.69) is 170 Å². The van der Waals surface area contributed by atoms with Gasteiger partial charge in [0.25, 0.3) is 0 Å². The maximum atomic E-state index is 6.32. The Morgan fingerprint density at radius 2 is 0.945 bits per heavy atom. The van der Waals surface area contributed by atoms with Crippen LogP contribution in [0.1, 0.15) is 0 Å². The van der Waals surface area contributed by atoms with Gasteiger partial charge in [0.05, 0.1) is 11.4 Å². The van der Waals surface area contributed by atoms with Crippen molar-refractivity contribution in [2.24, 2.45) is 0 Å². The van der Waals surface area contributed by atoms with Crippen LogP contribution in [-0.2, 0) is 0 Å². The van der Waals surface area contributed by atoms with Gasteiger partial charge in [0, 0.05) is 27.5 Å². The summed E-state index contributed by atoms with van der Waals surface area (Å²) in [5.41, 5.74) is 11.1. The zero-order valence-corrected chi connectivity index (χ0v) is 29.8. The molecule has 2 aromatic heterocycles. The molecule has 0 atom stereocenters. The molecule has 11 rings (SSSR count). The number of furan rings is 1. The summed E-state index contributed by atoms with van der Waals surface area (Å²) in [6.07, 6.45) is 0. The van der Waals surface area contributed by atoms with Crippen molar-refractivity contribution >= 4 is 54.3 Å². The van der Waals surface area contributed by atoms with Crippen molar-refractivity contribution in [2.45, 2.75) is 0 Å². The standard InChI is InChI=1S/C52H32N2O/c1-2-13-33(14-3-1)38-17-8-9-20-41(38)46-32-47(43-22-12-24-49-51(43)44-21-10-11-23-48(44)55-49)54-52(53-46)36-27-25-35(26-28-36)50-40-19-7-5-16-37(40)31-45-39-18-6-4-15-34(39)29-30-42(45)50/h1-32H. The molecule has 0 aliphatic heterocycles. The molecule has 0 amide bonds. The predicted molar refractivity (Wildman–Crippen MR) is 229 cm³/mol.